The molecule has 3 heterocycles. The van der Waals surface area contributed by atoms with Gasteiger partial charge in [-0.15, -0.1) is 11.3 Å². The van der Waals surface area contributed by atoms with Gasteiger partial charge in [-0.05, 0) is 35.7 Å². The lowest BCUT2D eigenvalue weighted by molar-refractivity contribution is 0.0736. The highest BCUT2D eigenvalue weighted by Gasteiger charge is 2.25. The number of carbonyl (C=O) groups excluding carboxylic acids is 2. The third kappa shape index (κ3) is 3.72. The molecule has 1 N–H and O–H groups in total. The Balaban J connectivity index is 1.45. The van der Waals surface area contributed by atoms with E-state index in [4.69, 9.17) is 4.74 Å². The summed E-state index contributed by atoms with van der Waals surface area (Å²) in [7, 11) is 1.60. The summed E-state index contributed by atoms with van der Waals surface area (Å²) < 4.78 is 5.14. The highest BCUT2D eigenvalue weighted by molar-refractivity contribution is 7.16. The van der Waals surface area contributed by atoms with Crippen LogP contribution in [0.4, 0.5) is 5.13 Å². The standard InChI is InChI=1S/C19H17N3O3S2/c1-25-13-6-4-12(5-7-13)18(24)22-9-8-14-16(11-22)27-19(20-14)21-17(23)15-3-2-10-26-15/h2-7,10H,8-9,11H2,1H3,(H,20,21,23). The number of carbonyl (C=O) groups is 2. The van der Waals surface area contributed by atoms with Crippen molar-refractivity contribution < 1.29 is 14.3 Å². The van der Waals surface area contributed by atoms with Crippen molar-refractivity contribution in [3.05, 3.63) is 62.8 Å². The fourth-order valence-electron chi connectivity index (χ4n) is 2.90. The minimum Gasteiger partial charge on any atom is -0.497 e. The summed E-state index contributed by atoms with van der Waals surface area (Å²) in [6.45, 7) is 1.12. The first-order valence-corrected chi connectivity index (χ1v) is 10.1. The maximum absolute atomic E-state index is 12.8. The molecule has 0 unspecified atom stereocenters. The second-order valence-electron chi connectivity index (χ2n) is 6.03. The first-order chi connectivity index (χ1) is 13.1. The molecule has 0 aliphatic carbocycles. The summed E-state index contributed by atoms with van der Waals surface area (Å²) in [5, 5.41) is 5.30. The normalized spacial score (nSPS) is 13.1. The molecule has 6 nitrogen and oxygen atoms in total. The molecule has 0 atom stereocenters. The quantitative estimate of drug-likeness (QED) is 0.727. The van der Waals surface area contributed by atoms with Crippen LogP contribution >= 0.6 is 22.7 Å². The number of benzene rings is 1. The lowest BCUT2D eigenvalue weighted by Crippen LogP contribution is -2.35. The van der Waals surface area contributed by atoms with Crippen LogP contribution in [0.2, 0.25) is 0 Å². The fourth-order valence-corrected chi connectivity index (χ4v) is 4.54. The SMILES string of the molecule is COc1ccc(C(=O)N2CCc3nc(NC(=O)c4cccs4)sc3C2)cc1. The first kappa shape index (κ1) is 17.7. The number of thiazole rings is 1. The van der Waals surface area contributed by atoms with Crippen LogP contribution in [0.15, 0.2) is 41.8 Å². The van der Waals surface area contributed by atoms with E-state index in [2.05, 4.69) is 10.3 Å². The van der Waals surface area contributed by atoms with E-state index in [0.29, 0.717) is 35.1 Å². The lowest BCUT2D eigenvalue weighted by Gasteiger charge is -2.26. The molecule has 27 heavy (non-hydrogen) atoms. The van der Waals surface area contributed by atoms with Crippen LogP contribution in [0, 0.1) is 0 Å². The molecule has 2 aromatic heterocycles. The number of aromatic nitrogens is 1. The molecule has 0 saturated carbocycles. The van der Waals surface area contributed by atoms with Crippen molar-refractivity contribution in [3.8, 4) is 5.75 Å². The van der Waals surface area contributed by atoms with Gasteiger partial charge >= 0.3 is 0 Å². The third-order valence-electron chi connectivity index (χ3n) is 4.32. The number of thiophene rings is 1. The van der Waals surface area contributed by atoms with Crippen LogP contribution in [0.3, 0.4) is 0 Å². The van der Waals surface area contributed by atoms with Crippen molar-refractivity contribution in [2.45, 2.75) is 13.0 Å². The number of nitrogens with zero attached hydrogens (tertiary/aromatic N) is 2. The molecule has 3 aromatic rings. The Kier molecular flexibility index (Phi) is 4.91. The zero-order chi connectivity index (χ0) is 18.8. The number of anilines is 1. The van der Waals surface area contributed by atoms with Gasteiger partial charge in [-0.1, -0.05) is 17.4 Å². The summed E-state index contributed by atoms with van der Waals surface area (Å²) in [4.78, 5) is 32.9. The number of hydrogen-bond acceptors (Lipinski definition) is 6. The van der Waals surface area contributed by atoms with Gasteiger partial charge in [0.25, 0.3) is 11.8 Å². The van der Waals surface area contributed by atoms with E-state index in [0.717, 1.165) is 16.3 Å². The zero-order valence-corrected chi connectivity index (χ0v) is 16.2. The monoisotopic (exact) mass is 399 g/mol. The van der Waals surface area contributed by atoms with Crippen molar-refractivity contribution >= 4 is 39.6 Å². The highest BCUT2D eigenvalue weighted by Crippen LogP contribution is 2.29. The second-order valence-corrected chi connectivity index (χ2v) is 8.06. The van der Waals surface area contributed by atoms with Crippen molar-refractivity contribution in [2.24, 2.45) is 0 Å². The van der Waals surface area contributed by atoms with Gasteiger partial charge < -0.3 is 9.64 Å². The molecule has 2 amide bonds. The van der Waals surface area contributed by atoms with Crippen molar-refractivity contribution in [3.63, 3.8) is 0 Å². The first-order valence-electron chi connectivity index (χ1n) is 8.41. The highest BCUT2D eigenvalue weighted by atomic mass is 32.1. The molecule has 8 heteroatoms. The largest absolute Gasteiger partial charge is 0.497 e. The summed E-state index contributed by atoms with van der Waals surface area (Å²) >= 11 is 2.82. The average Bonchev–Trinajstić information content (AvgIpc) is 3.36. The van der Waals surface area contributed by atoms with Crippen LogP contribution in [-0.2, 0) is 13.0 Å². The predicted octanol–water partition coefficient (Wildman–Crippen LogP) is 3.66. The van der Waals surface area contributed by atoms with Crippen LogP contribution in [0.25, 0.3) is 0 Å². The van der Waals surface area contributed by atoms with E-state index in [1.807, 2.05) is 16.3 Å². The molecule has 0 spiro atoms. The molecular weight excluding hydrogens is 382 g/mol. The van der Waals surface area contributed by atoms with Gasteiger partial charge in [0.05, 0.1) is 24.2 Å². The van der Waals surface area contributed by atoms with E-state index >= 15 is 0 Å². The van der Waals surface area contributed by atoms with E-state index in [1.54, 1.807) is 37.4 Å². The molecule has 4 rings (SSSR count). The number of ether oxygens (including phenoxy) is 1. The number of nitrogens with one attached hydrogen (secondary N) is 1. The molecule has 138 valence electrons. The molecule has 0 fully saturated rings. The number of hydrogen-bond donors (Lipinski definition) is 1. The van der Waals surface area contributed by atoms with E-state index in [1.165, 1.54) is 22.7 Å². The molecule has 0 radical (unpaired) electrons. The average molecular weight is 399 g/mol. The van der Waals surface area contributed by atoms with Gasteiger partial charge in [0, 0.05) is 23.4 Å². The fraction of sp³-hybridized carbons (Fsp3) is 0.211. The van der Waals surface area contributed by atoms with E-state index in [-0.39, 0.29) is 11.8 Å². The van der Waals surface area contributed by atoms with Crippen LogP contribution in [-0.4, -0.2) is 35.4 Å². The van der Waals surface area contributed by atoms with Crippen molar-refractivity contribution in [1.29, 1.82) is 0 Å². The van der Waals surface area contributed by atoms with Gasteiger partial charge in [-0.2, -0.15) is 0 Å². The summed E-state index contributed by atoms with van der Waals surface area (Å²) in [5.41, 5.74) is 1.59. The molecule has 0 saturated heterocycles. The Bertz CT molecular complexity index is 965. The Morgan fingerprint density at radius 1 is 1.22 bits per heavy atom. The van der Waals surface area contributed by atoms with Crippen LogP contribution < -0.4 is 10.1 Å². The van der Waals surface area contributed by atoms with Crippen LogP contribution in [0.1, 0.15) is 30.6 Å². The maximum atomic E-state index is 12.8. The Labute approximate surface area is 164 Å². The number of amides is 2. The minimum atomic E-state index is -0.151. The smallest absolute Gasteiger partial charge is 0.267 e. The van der Waals surface area contributed by atoms with Gasteiger partial charge in [-0.3, -0.25) is 14.9 Å². The van der Waals surface area contributed by atoms with Crippen LogP contribution in [0.5, 0.6) is 5.75 Å². The van der Waals surface area contributed by atoms with Gasteiger partial charge in [-0.25, -0.2) is 4.98 Å². The van der Waals surface area contributed by atoms with E-state index in [9.17, 15) is 9.59 Å². The summed E-state index contributed by atoms with van der Waals surface area (Å²) in [6.07, 6.45) is 0.683. The maximum Gasteiger partial charge on any atom is 0.267 e. The minimum absolute atomic E-state index is 0.0131. The molecule has 1 aromatic carbocycles. The Hall–Kier alpha value is -2.71. The molecule has 1 aliphatic rings. The molecule has 1 aliphatic heterocycles. The number of fused-ring (bicyclic) bond motifs is 1. The zero-order valence-electron chi connectivity index (χ0n) is 14.6. The second kappa shape index (κ2) is 7.50. The van der Waals surface area contributed by atoms with Gasteiger partial charge in [0.1, 0.15) is 5.75 Å². The predicted molar refractivity (Wildman–Crippen MR) is 106 cm³/mol. The van der Waals surface area contributed by atoms with Crippen molar-refractivity contribution in [1.82, 2.24) is 9.88 Å². The Morgan fingerprint density at radius 3 is 2.74 bits per heavy atom. The third-order valence-corrected chi connectivity index (χ3v) is 6.19. The van der Waals surface area contributed by atoms with Crippen molar-refractivity contribution in [2.75, 3.05) is 19.0 Å². The number of methoxy groups -OCH3 is 1. The molecule has 0 bridgehead atoms. The lowest BCUT2D eigenvalue weighted by atomic mass is 10.1. The summed E-state index contributed by atoms with van der Waals surface area (Å²) in [6, 6.07) is 10.7. The molecular formula is C19H17N3O3S2. The number of rotatable bonds is 4. The van der Waals surface area contributed by atoms with Gasteiger partial charge in [0.15, 0.2) is 5.13 Å². The topological polar surface area (TPSA) is 71.5 Å². The summed E-state index contributed by atoms with van der Waals surface area (Å²) in [5.74, 6) is 0.559. The van der Waals surface area contributed by atoms with E-state index < -0.39 is 0 Å². The Morgan fingerprint density at radius 2 is 2.04 bits per heavy atom. The van der Waals surface area contributed by atoms with Gasteiger partial charge in [0.2, 0.25) is 0 Å².